The highest BCUT2D eigenvalue weighted by Gasteiger charge is 2.52. The first kappa shape index (κ1) is 22.7. The monoisotopic (exact) mass is 475 g/mol. The molecule has 0 unspecified atom stereocenters. The Bertz CT molecular complexity index is 1050. The summed E-state index contributed by atoms with van der Waals surface area (Å²) in [7, 11) is 1.56. The normalized spacial score (nSPS) is 17.2. The van der Waals surface area contributed by atoms with Gasteiger partial charge >= 0.3 is 6.03 Å². The summed E-state index contributed by atoms with van der Waals surface area (Å²) < 4.78 is 12.0. The molecule has 1 aromatic carbocycles. The quantitative estimate of drug-likeness (QED) is 0.288. The molecule has 13 heteroatoms. The van der Waals surface area contributed by atoms with Crippen molar-refractivity contribution in [2.45, 2.75) is 49.4 Å². The molecule has 0 radical (unpaired) electrons. The number of ether oxygens (including phenoxy) is 2. The zero-order valence-corrected chi connectivity index (χ0v) is 18.9. The number of urea groups is 1. The number of hydrogen-bond donors (Lipinski definition) is 3. The zero-order chi connectivity index (χ0) is 23.4. The van der Waals surface area contributed by atoms with Crippen LogP contribution in [0.15, 0.2) is 29.4 Å². The molecule has 1 spiro atoms. The van der Waals surface area contributed by atoms with Gasteiger partial charge in [0.25, 0.3) is 5.91 Å². The van der Waals surface area contributed by atoms with Gasteiger partial charge in [-0.05, 0) is 25.0 Å². The minimum atomic E-state index is -0.898. The number of nitrogen functional groups attached to an aromatic ring is 1. The number of nitrogens with two attached hydrogens (primary N) is 1. The number of carbonyl (C=O) groups excluding carboxylic acids is 3. The van der Waals surface area contributed by atoms with Crippen molar-refractivity contribution >= 4 is 29.6 Å². The highest BCUT2D eigenvalue weighted by atomic mass is 32.2. The van der Waals surface area contributed by atoms with E-state index in [2.05, 4.69) is 20.9 Å². The molecule has 12 nitrogen and oxygen atoms in total. The molecule has 0 bridgehead atoms. The number of benzene rings is 1. The topological polar surface area (TPSA) is 154 Å². The molecular formula is C20H25N7O5S. The van der Waals surface area contributed by atoms with Gasteiger partial charge in [-0.25, -0.2) is 9.47 Å². The fourth-order valence-electron chi connectivity index (χ4n) is 3.85. The van der Waals surface area contributed by atoms with Gasteiger partial charge in [-0.1, -0.05) is 37.1 Å². The summed E-state index contributed by atoms with van der Waals surface area (Å²) in [5, 5.41) is 11.8. The average Bonchev–Trinajstić information content (AvgIpc) is 3.28. The highest BCUT2D eigenvalue weighted by Crippen LogP contribution is 2.33. The van der Waals surface area contributed by atoms with Gasteiger partial charge in [-0.2, -0.15) is 5.01 Å². The maximum atomic E-state index is 12.7. The van der Waals surface area contributed by atoms with E-state index in [1.165, 1.54) is 4.68 Å². The van der Waals surface area contributed by atoms with Gasteiger partial charge in [-0.3, -0.25) is 15.0 Å². The maximum Gasteiger partial charge on any atom is 0.344 e. The molecule has 2 fully saturated rings. The van der Waals surface area contributed by atoms with E-state index in [4.69, 9.17) is 15.3 Å². The molecule has 2 aromatic rings. The summed E-state index contributed by atoms with van der Waals surface area (Å²) in [5.41, 5.74) is 1.48. The second-order valence-corrected chi connectivity index (χ2v) is 8.72. The van der Waals surface area contributed by atoms with Crippen molar-refractivity contribution in [3.63, 3.8) is 0 Å². The Morgan fingerprint density at radius 1 is 1.24 bits per heavy atom. The number of methoxy groups -OCH3 is 1. The minimum Gasteiger partial charge on any atom is -0.497 e. The lowest BCUT2D eigenvalue weighted by Gasteiger charge is -2.30. The van der Waals surface area contributed by atoms with Crippen molar-refractivity contribution < 1.29 is 23.9 Å². The van der Waals surface area contributed by atoms with Crippen molar-refractivity contribution in [1.29, 1.82) is 0 Å². The van der Waals surface area contributed by atoms with E-state index in [9.17, 15) is 14.4 Å². The molecular weight excluding hydrogens is 450 g/mol. The molecule has 176 valence electrons. The first-order valence-electron chi connectivity index (χ1n) is 10.5. The van der Waals surface area contributed by atoms with E-state index in [-0.39, 0.29) is 17.5 Å². The van der Waals surface area contributed by atoms with Crippen molar-refractivity contribution in [3.05, 3.63) is 30.1 Å². The zero-order valence-electron chi connectivity index (χ0n) is 18.1. The van der Waals surface area contributed by atoms with E-state index >= 15 is 0 Å². The summed E-state index contributed by atoms with van der Waals surface area (Å²) in [6.07, 6.45) is 3.91. The number of rotatable bonds is 8. The molecule has 1 saturated heterocycles. The number of amides is 4. The Morgan fingerprint density at radius 3 is 2.76 bits per heavy atom. The average molecular weight is 476 g/mol. The summed E-state index contributed by atoms with van der Waals surface area (Å²) >= 11 is 1.02. The first-order chi connectivity index (χ1) is 15.9. The highest BCUT2D eigenvalue weighted by molar-refractivity contribution is 7.99. The third kappa shape index (κ3) is 4.82. The van der Waals surface area contributed by atoms with Crippen molar-refractivity contribution in [2.75, 3.05) is 18.7 Å². The van der Waals surface area contributed by atoms with Crippen molar-refractivity contribution in [3.8, 4) is 11.5 Å². The summed E-state index contributed by atoms with van der Waals surface area (Å²) in [6, 6.07) is 6.48. The standard InChI is InChI=1S/C20H25N7O5S/c1-31-13-6-5-7-14(10-13)32-11-15-23-24-19(26(15)21)33-12-16(28)25-27-17(29)20(22-18(27)30)8-3-2-4-9-20/h5-7,10H,2-4,8-9,11-12,21H2,1H3,(H,22,30)(H,25,28). The minimum absolute atomic E-state index is 0.0634. The van der Waals surface area contributed by atoms with Crippen LogP contribution in [-0.2, 0) is 16.2 Å². The smallest absolute Gasteiger partial charge is 0.344 e. The second-order valence-electron chi connectivity index (χ2n) is 7.77. The van der Waals surface area contributed by atoms with Gasteiger partial charge in [0.05, 0.1) is 12.9 Å². The third-order valence-corrected chi connectivity index (χ3v) is 6.53. The summed E-state index contributed by atoms with van der Waals surface area (Å²) in [4.78, 5) is 37.4. The number of aromatic nitrogens is 3. The van der Waals surface area contributed by atoms with Gasteiger partial charge in [0.15, 0.2) is 5.82 Å². The molecule has 1 aliphatic carbocycles. The van der Waals surface area contributed by atoms with Gasteiger partial charge in [0, 0.05) is 6.07 Å². The van der Waals surface area contributed by atoms with Crippen LogP contribution in [0.4, 0.5) is 4.79 Å². The number of hydrogen-bond acceptors (Lipinski definition) is 9. The van der Waals surface area contributed by atoms with Gasteiger partial charge < -0.3 is 20.6 Å². The van der Waals surface area contributed by atoms with Crippen molar-refractivity contribution in [1.82, 2.24) is 30.6 Å². The van der Waals surface area contributed by atoms with E-state index < -0.39 is 23.4 Å². The molecule has 1 aliphatic heterocycles. The summed E-state index contributed by atoms with van der Waals surface area (Å²) in [5.74, 6) is 6.55. The van der Waals surface area contributed by atoms with E-state index in [1.54, 1.807) is 31.4 Å². The van der Waals surface area contributed by atoms with E-state index in [0.29, 0.717) is 30.2 Å². The van der Waals surface area contributed by atoms with Crippen LogP contribution < -0.4 is 26.1 Å². The largest absolute Gasteiger partial charge is 0.497 e. The third-order valence-electron chi connectivity index (χ3n) is 5.58. The first-order valence-corrected chi connectivity index (χ1v) is 11.5. The Labute approximate surface area is 194 Å². The van der Waals surface area contributed by atoms with Crippen LogP contribution in [0.25, 0.3) is 0 Å². The molecule has 4 N–H and O–H groups in total. The lowest BCUT2D eigenvalue weighted by Crippen LogP contribution is -2.51. The predicted octanol–water partition coefficient (Wildman–Crippen LogP) is 0.958. The van der Waals surface area contributed by atoms with Crippen LogP contribution in [0.2, 0.25) is 0 Å². The number of nitrogens with zero attached hydrogens (tertiary/aromatic N) is 4. The van der Waals surface area contributed by atoms with Crippen LogP contribution in [0.3, 0.4) is 0 Å². The lowest BCUT2D eigenvalue weighted by atomic mass is 9.82. The molecule has 0 atom stereocenters. The number of hydrazine groups is 1. The number of imide groups is 1. The molecule has 4 rings (SSSR count). The maximum absolute atomic E-state index is 12.7. The van der Waals surface area contributed by atoms with Crippen LogP contribution in [0, 0.1) is 0 Å². The number of carbonyl (C=O) groups is 3. The number of nitrogens with one attached hydrogen (secondary N) is 2. The molecule has 4 amide bonds. The summed E-state index contributed by atoms with van der Waals surface area (Å²) in [6.45, 7) is 0.0634. The Balaban J connectivity index is 1.29. The van der Waals surface area contributed by atoms with E-state index in [0.717, 1.165) is 36.0 Å². The fourth-order valence-corrected chi connectivity index (χ4v) is 4.51. The number of thioether (sulfide) groups is 1. The predicted molar refractivity (Wildman–Crippen MR) is 118 cm³/mol. The SMILES string of the molecule is COc1cccc(OCc2nnc(SCC(=O)NN3C(=O)NC4(CCCCC4)C3=O)n2N)c1. The van der Waals surface area contributed by atoms with Crippen LogP contribution >= 0.6 is 11.8 Å². The lowest BCUT2D eigenvalue weighted by molar-refractivity contribution is -0.139. The second kappa shape index (κ2) is 9.57. The van der Waals surface area contributed by atoms with Gasteiger partial charge in [-0.15, -0.1) is 10.2 Å². The molecule has 1 saturated carbocycles. The van der Waals surface area contributed by atoms with Crippen LogP contribution in [-0.4, -0.2) is 56.1 Å². The molecule has 1 aromatic heterocycles. The Kier molecular flexibility index (Phi) is 6.58. The fraction of sp³-hybridized carbons (Fsp3) is 0.450. The Morgan fingerprint density at radius 2 is 2.00 bits per heavy atom. The van der Waals surface area contributed by atoms with Crippen LogP contribution in [0.5, 0.6) is 11.5 Å². The molecule has 2 heterocycles. The Hall–Kier alpha value is -3.48. The van der Waals surface area contributed by atoms with Crippen molar-refractivity contribution in [2.24, 2.45) is 0 Å². The van der Waals surface area contributed by atoms with E-state index in [1.807, 2.05) is 0 Å². The van der Waals surface area contributed by atoms with Crippen LogP contribution in [0.1, 0.15) is 37.9 Å². The van der Waals surface area contributed by atoms with Gasteiger partial charge in [0.1, 0.15) is 23.6 Å². The molecule has 33 heavy (non-hydrogen) atoms. The van der Waals surface area contributed by atoms with Gasteiger partial charge in [0.2, 0.25) is 11.1 Å². The molecule has 2 aliphatic rings.